The molecular formula is C18H14BrN3O. The number of carbonyl (C=O) groups excluding carboxylic acids is 1. The van der Waals surface area contributed by atoms with Gasteiger partial charge >= 0.3 is 6.03 Å². The van der Waals surface area contributed by atoms with Gasteiger partial charge in [0.15, 0.2) is 0 Å². The maximum absolute atomic E-state index is 12.0. The molecule has 0 heterocycles. The van der Waals surface area contributed by atoms with Crippen molar-refractivity contribution in [1.82, 2.24) is 5.43 Å². The highest BCUT2D eigenvalue weighted by molar-refractivity contribution is 9.10. The molecule has 0 aliphatic carbocycles. The summed E-state index contributed by atoms with van der Waals surface area (Å²) in [4.78, 5) is 12.0. The zero-order valence-corrected chi connectivity index (χ0v) is 13.7. The van der Waals surface area contributed by atoms with Crippen molar-refractivity contribution in [3.63, 3.8) is 0 Å². The molecule has 2 N–H and O–H groups in total. The van der Waals surface area contributed by atoms with E-state index in [0.29, 0.717) is 0 Å². The number of hydrogen-bond acceptors (Lipinski definition) is 2. The van der Waals surface area contributed by atoms with E-state index >= 15 is 0 Å². The Bertz CT molecular complexity index is 854. The second-order valence-electron chi connectivity index (χ2n) is 4.90. The molecular weight excluding hydrogens is 354 g/mol. The van der Waals surface area contributed by atoms with Crippen molar-refractivity contribution in [2.45, 2.75) is 0 Å². The quantitative estimate of drug-likeness (QED) is 0.508. The van der Waals surface area contributed by atoms with E-state index in [-0.39, 0.29) is 6.03 Å². The van der Waals surface area contributed by atoms with Gasteiger partial charge in [-0.1, -0.05) is 64.5 Å². The first kappa shape index (κ1) is 15.2. The first-order chi connectivity index (χ1) is 11.2. The average molecular weight is 368 g/mol. The fourth-order valence-corrected chi connectivity index (χ4v) is 2.46. The van der Waals surface area contributed by atoms with Crippen LogP contribution in [0.3, 0.4) is 0 Å². The third-order valence-electron chi connectivity index (χ3n) is 3.29. The van der Waals surface area contributed by atoms with Crippen LogP contribution in [-0.4, -0.2) is 12.2 Å². The number of hydrogen-bond donors (Lipinski definition) is 2. The largest absolute Gasteiger partial charge is 0.339 e. The van der Waals surface area contributed by atoms with Crippen molar-refractivity contribution in [3.8, 4) is 0 Å². The molecule has 0 radical (unpaired) electrons. The average Bonchev–Trinajstić information content (AvgIpc) is 2.57. The molecule has 0 saturated carbocycles. The van der Waals surface area contributed by atoms with Gasteiger partial charge < -0.3 is 5.32 Å². The standard InChI is InChI=1S/C18H14BrN3O/c19-15-10-8-13(9-11-15)12-20-22-18(23)21-17-7-3-5-14-4-1-2-6-16(14)17/h1-12H,(H2,21,22,23)/b20-12+. The fraction of sp³-hybridized carbons (Fsp3) is 0. The Morgan fingerprint density at radius 2 is 1.70 bits per heavy atom. The fourth-order valence-electron chi connectivity index (χ4n) is 2.20. The van der Waals surface area contributed by atoms with Crippen molar-refractivity contribution in [2.75, 3.05) is 5.32 Å². The molecule has 0 bridgehead atoms. The summed E-state index contributed by atoms with van der Waals surface area (Å²) < 4.78 is 0.997. The van der Waals surface area contributed by atoms with Crippen LogP contribution < -0.4 is 10.7 Å². The van der Waals surface area contributed by atoms with Crippen LogP contribution >= 0.6 is 15.9 Å². The molecule has 0 aliphatic rings. The van der Waals surface area contributed by atoms with Gasteiger partial charge in [-0.2, -0.15) is 5.10 Å². The lowest BCUT2D eigenvalue weighted by Crippen LogP contribution is -2.24. The third kappa shape index (κ3) is 3.96. The number of anilines is 1. The summed E-state index contributed by atoms with van der Waals surface area (Å²) in [5.74, 6) is 0. The highest BCUT2D eigenvalue weighted by Crippen LogP contribution is 2.22. The molecule has 3 aromatic rings. The number of benzene rings is 3. The molecule has 0 unspecified atom stereocenters. The SMILES string of the molecule is O=C(N/N=C/c1ccc(Br)cc1)Nc1cccc2ccccc12. The van der Waals surface area contributed by atoms with Crippen molar-refractivity contribution in [1.29, 1.82) is 0 Å². The molecule has 0 spiro atoms. The molecule has 3 rings (SSSR count). The van der Waals surface area contributed by atoms with E-state index in [2.05, 4.69) is 31.8 Å². The van der Waals surface area contributed by atoms with E-state index in [9.17, 15) is 4.79 Å². The number of urea groups is 1. The molecule has 5 heteroatoms. The number of hydrazone groups is 1. The van der Waals surface area contributed by atoms with Gasteiger partial charge in [0.25, 0.3) is 0 Å². The van der Waals surface area contributed by atoms with E-state index in [1.165, 1.54) is 0 Å². The third-order valence-corrected chi connectivity index (χ3v) is 3.82. The normalized spacial score (nSPS) is 10.8. The maximum atomic E-state index is 12.0. The maximum Gasteiger partial charge on any atom is 0.339 e. The van der Waals surface area contributed by atoms with Crippen LogP contribution in [0.2, 0.25) is 0 Å². The number of nitrogens with one attached hydrogen (secondary N) is 2. The zero-order chi connectivity index (χ0) is 16.1. The highest BCUT2D eigenvalue weighted by atomic mass is 79.9. The molecule has 0 aromatic heterocycles. The van der Waals surface area contributed by atoms with Crippen molar-refractivity contribution < 1.29 is 4.79 Å². The number of rotatable bonds is 3. The number of halogens is 1. The Morgan fingerprint density at radius 3 is 2.52 bits per heavy atom. The van der Waals surface area contributed by atoms with Crippen LogP contribution in [0.1, 0.15) is 5.56 Å². The first-order valence-electron chi connectivity index (χ1n) is 7.06. The molecule has 0 atom stereocenters. The van der Waals surface area contributed by atoms with E-state index < -0.39 is 0 Å². The molecule has 0 fully saturated rings. The molecule has 3 aromatic carbocycles. The molecule has 4 nitrogen and oxygen atoms in total. The van der Waals surface area contributed by atoms with Crippen LogP contribution in [-0.2, 0) is 0 Å². The van der Waals surface area contributed by atoms with E-state index in [0.717, 1.165) is 26.5 Å². The van der Waals surface area contributed by atoms with Crippen LogP contribution in [0.5, 0.6) is 0 Å². The van der Waals surface area contributed by atoms with Crippen LogP contribution in [0, 0.1) is 0 Å². The summed E-state index contributed by atoms with van der Waals surface area (Å²) in [6.07, 6.45) is 1.59. The second kappa shape index (κ2) is 7.07. The molecule has 0 aliphatic heterocycles. The van der Waals surface area contributed by atoms with Crippen LogP contribution in [0.25, 0.3) is 10.8 Å². The Morgan fingerprint density at radius 1 is 0.957 bits per heavy atom. The Balaban J connectivity index is 1.66. The Labute approximate surface area is 142 Å². The minimum Gasteiger partial charge on any atom is -0.306 e. The summed E-state index contributed by atoms with van der Waals surface area (Å²) in [6.45, 7) is 0. The second-order valence-corrected chi connectivity index (χ2v) is 5.82. The van der Waals surface area contributed by atoms with Gasteiger partial charge in [0, 0.05) is 9.86 Å². The lowest BCUT2D eigenvalue weighted by molar-refractivity contribution is 0.252. The van der Waals surface area contributed by atoms with E-state index in [4.69, 9.17) is 0 Å². The van der Waals surface area contributed by atoms with Gasteiger partial charge in [-0.3, -0.25) is 0 Å². The smallest absolute Gasteiger partial charge is 0.306 e. The molecule has 23 heavy (non-hydrogen) atoms. The van der Waals surface area contributed by atoms with Gasteiger partial charge in [-0.15, -0.1) is 0 Å². The number of amides is 2. The monoisotopic (exact) mass is 367 g/mol. The Kier molecular flexibility index (Phi) is 4.68. The first-order valence-corrected chi connectivity index (χ1v) is 7.85. The molecule has 2 amide bonds. The number of fused-ring (bicyclic) bond motifs is 1. The number of carbonyl (C=O) groups is 1. The van der Waals surface area contributed by atoms with Crippen molar-refractivity contribution in [3.05, 3.63) is 76.8 Å². The summed E-state index contributed by atoms with van der Waals surface area (Å²) >= 11 is 3.37. The topological polar surface area (TPSA) is 53.5 Å². The van der Waals surface area contributed by atoms with Gasteiger partial charge in [0.1, 0.15) is 0 Å². The van der Waals surface area contributed by atoms with Gasteiger partial charge in [0.05, 0.1) is 11.9 Å². The molecule has 114 valence electrons. The van der Waals surface area contributed by atoms with Gasteiger partial charge in [0.2, 0.25) is 0 Å². The lowest BCUT2D eigenvalue weighted by Gasteiger charge is -2.07. The summed E-state index contributed by atoms with van der Waals surface area (Å²) in [6, 6.07) is 20.9. The predicted octanol–water partition coefficient (Wildman–Crippen LogP) is 4.76. The summed E-state index contributed by atoms with van der Waals surface area (Å²) in [5, 5.41) is 8.81. The minimum atomic E-state index is -0.380. The van der Waals surface area contributed by atoms with Crippen molar-refractivity contribution in [2.24, 2.45) is 5.10 Å². The predicted molar refractivity (Wildman–Crippen MR) is 97.8 cm³/mol. The van der Waals surface area contributed by atoms with E-state index in [1.807, 2.05) is 66.7 Å². The van der Waals surface area contributed by atoms with E-state index in [1.54, 1.807) is 6.21 Å². The minimum absolute atomic E-state index is 0.380. The highest BCUT2D eigenvalue weighted by Gasteiger charge is 2.03. The van der Waals surface area contributed by atoms with Gasteiger partial charge in [-0.05, 0) is 29.1 Å². The Hall–Kier alpha value is -2.66. The zero-order valence-electron chi connectivity index (χ0n) is 12.2. The van der Waals surface area contributed by atoms with Crippen molar-refractivity contribution >= 4 is 44.6 Å². The summed E-state index contributed by atoms with van der Waals surface area (Å²) in [7, 11) is 0. The lowest BCUT2D eigenvalue weighted by atomic mass is 10.1. The van der Waals surface area contributed by atoms with Gasteiger partial charge in [-0.25, -0.2) is 10.2 Å². The van der Waals surface area contributed by atoms with Crippen LogP contribution in [0.4, 0.5) is 10.5 Å². The summed E-state index contributed by atoms with van der Waals surface area (Å²) in [5.41, 5.74) is 4.12. The number of nitrogens with zero attached hydrogens (tertiary/aromatic N) is 1. The van der Waals surface area contributed by atoms with Crippen LogP contribution in [0.15, 0.2) is 76.3 Å². The molecule has 0 saturated heterocycles.